The van der Waals surface area contributed by atoms with Crippen LogP contribution in [0.3, 0.4) is 0 Å². The van der Waals surface area contributed by atoms with Gasteiger partial charge in [-0.1, -0.05) is 19.4 Å². The average molecular weight is 546 g/mol. The number of likely N-dealkylation sites (tertiary alicyclic amines) is 1. The molecule has 1 aliphatic heterocycles. The highest BCUT2D eigenvalue weighted by molar-refractivity contribution is 14.0. The van der Waals surface area contributed by atoms with Crippen molar-refractivity contribution < 1.29 is 0 Å². The zero-order valence-electron chi connectivity index (χ0n) is 18.4. The number of halogens is 1. The fraction of sp³-hybridized carbons (Fsp3) is 0.667. The lowest BCUT2D eigenvalue weighted by atomic mass is 10.0. The van der Waals surface area contributed by atoms with E-state index in [9.17, 15) is 0 Å². The van der Waals surface area contributed by atoms with Crippen LogP contribution in [0.4, 0.5) is 0 Å². The van der Waals surface area contributed by atoms with E-state index < -0.39 is 0 Å². The van der Waals surface area contributed by atoms with E-state index in [2.05, 4.69) is 50.2 Å². The number of nitrogens with one attached hydrogen (secondary N) is 2. The molecule has 1 fully saturated rings. The summed E-state index contributed by atoms with van der Waals surface area (Å²) in [6.07, 6.45) is 5.91. The summed E-state index contributed by atoms with van der Waals surface area (Å²) in [4.78, 5) is 8.79. The molecule has 30 heavy (non-hydrogen) atoms. The molecule has 0 aromatic carbocycles. The summed E-state index contributed by atoms with van der Waals surface area (Å²) in [5, 5.41) is 17.7. The lowest BCUT2D eigenvalue weighted by Gasteiger charge is -2.33. The smallest absolute Gasteiger partial charge is 0.191 e. The molecule has 2 N–H and O–H groups in total. The molecule has 9 heteroatoms. The van der Waals surface area contributed by atoms with Crippen molar-refractivity contribution in [2.75, 3.05) is 26.2 Å². The number of piperidine rings is 1. The third-order valence-electron chi connectivity index (χ3n) is 5.56. The predicted molar refractivity (Wildman–Crippen MR) is 136 cm³/mol. The molecular formula is C21H36IN7S. The Morgan fingerprint density at radius 3 is 2.73 bits per heavy atom. The van der Waals surface area contributed by atoms with Gasteiger partial charge in [0.15, 0.2) is 11.8 Å². The van der Waals surface area contributed by atoms with E-state index in [0.29, 0.717) is 12.6 Å². The highest BCUT2D eigenvalue weighted by Crippen LogP contribution is 2.12. The van der Waals surface area contributed by atoms with E-state index in [1.165, 1.54) is 50.2 Å². The highest BCUT2D eigenvalue weighted by Gasteiger charge is 2.19. The number of aromatic nitrogens is 3. The molecule has 3 rings (SSSR count). The quantitative estimate of drug-likeness (QED) is 0.288. The Bertz CT molecular complexity index is 752. The molecule has 0 unspecified atom stereocenters. The second-order valence-corrected chi connectivity index (χ2v) is 8.79. The van der Waals surface area contributed by atoms with Crippen molar-refractivity contribution in [2.24, 2.45) is 12.0 Å². The largest absolute Gasteiger partial charge is 0.356 e. The molecule has 0 spiro atoms. The SMILES string of the molecule is CCCCN1CCC(NC(=NCc2nnc(C)n2C)NCCc2cccs2)CC1.I. The number of thiophene rings is 1. The van der Waals surface area contributed by atoms with Gasteiger partial charge in [-0.15, -0.1) is 45.5 Å². The van der Waals surface area contributed by atoms with Gasteiger partial charge in [-0.3, -0.25) is 0 Å². The molecular weight excluding hydrogens is 509 g/mol. The van der Waals surface area contributed by atoms with Crippen molar-refractivity contribution in [1.29, 1.82) is 0 Å². The van der Waals surface area contributed by atoms with Crippen LogP contribution in [0.1, 0.15) is 49.1 Å². The van der Waals surface area contributed by atoms with E-state index in [4.69, 9.17) is 4.99 Å². The minimum atomic E-state index is 0. The van der Waals surface area contributed by atoms with Gasteiger partial charge >= 0.3 is 0 Å². The van der Waals surface area contributed by atoms with Crippen molar-refractivity contribution in [2.45, 2.75) is 58.5 Å². The Balaban J connectivity index is 0.00000320. The lowest BCUT2D eigenvalue weighted by molar-refractivity contribution is 0.203. The van der Waals surface area contributed by atoms with Crippen molar-refractivity contribution in [3.8, 4) is 0 Å². The van der Waals surface area contributed by atoms with Crippen molar-refractivity contribution in [3.05, 3.63) is 34.0 Å². The monoisotopic (exact) mass is 545 g/mol. The van der Waals surface area contributed by atoms with E-state index in [1.807, 2.05) is 18.5 Å². The number of hydrogen-bond donors (Lipinski definition) is 2. The van der Waals surface area contributed by atoms with Crippen LogP contribution in [-0.4, -0.2) is 57.8 Å². The van der Waals surface area contributed by atoms with Crippen LogP contribution in [0.2, 0.25) is 0 Å². The van der Waals surface area contributed by atoms with Crippen molar-refractivity contribution in [3.63, 3.8) is 0 Å². The molecule has 0 amide bonds. The van der Waals surface area contributed by atoms with Gasteiger partial charge in [0.1, 0.15) is 12.4 Å². The standard InChI is InChI=1S/C21H35N7S.HI/c1-4-5-12-28-13-9-18(10-14-28)24-21(22-11-8-19-7-6-15-29-19)23-16-20-26-25-17(2)27(20)3;/h6-7,15,18H,4-5,8-14,16H2,1-3H3,(H2,22,23,24);1H. The third-order valence-corrected chi connectivity index (χ3v) is 6.50. The Morgan fingerprint density at radius 1 is 1.30 bits per heavy atom. The minimum Gasteiger partial charge on any atom is -0.356 e. The third kappa shape index (κ3) is 7.81. The van der Waals surface area contributed by atoms with E-state index in [-0.39, 0.29) is 24.0 Å². The molecule has 3 heterocycles. The van der Waals surface area contributed by atoms with E-state index >= 15 is 0 Å². The van der Waals surface area contributed by atoms with Crippen LogP contribution in [0.25, 0.3) is 0 Å². The van der Waals surface area contributed by atoms with Gasteiger partial charge in [-0.05, 0) is 50.6 Å². The van der Waals surface area contributed by atoms with Gasteiger partial charge in [-0.2, -0.15) is 0 Å². The number of guanidine groups is 1. The molecule has 2 aromatic rings. The van der Waals surface area contributed by atoms with Crippen LogP contribution in [0, 0.1) is 6.92 Å². The zero-order valence-corrected chi connectivity index (χ0v) is 21.6. The topological polar surface area (TPSA) is 70.4 Å². The van der Waals surface area contributed by atoms with Crippen LogP contribution in [0.5, 0.6) is 0 Å². The fourth-order valence-corrected chi connectivity index (χ4v) is 4.23. The number of rotatable bonds is 9. The van der Waals surface area contributed by atoms with Gasteiger partial charge in [0.2, 0.25) is 0 Å². The van der Waals surface area contributed by atoms with Gasteiger partial charge in [0.25, 0.3) is 0 Å². The highest BCUT2D eigenvalue weighted by atomic mass is 127. The molecule has 0 atom stereocenters. The predicted octanol–water partition coefficient (Wildman–Crippen LogP) is 3.35. The number of aliphatic imine (C=N–C) groups is 1. The average Bonchev–Trinajstić information content (AvgIpc) is 3.36. The van der Waals surface area contributed by atoms with Gasteiger partial charge in [-0.25, -0.2) is 4.99 Å². The summed E-state index contributed by atoms with van der Waals surface area (Å²) in [6.45, 7) is 9.20. The van der Waals surface area contributed by atoms with Gasteiger partial charge in [0.05, 0.1) is 0 Å². The number of nitrogens with zero attached hydrogens (tertiary/aromatic N) is 5. The maximum absolute atomic E-state index is 4.81. The Morgan fingerprint density at radius 2 is 2.10 bits per heavy atom. The maximum Gasteiger partial charge on any atom is 0.191 e. The number of aryl methyl sites for hydroxylation is 1. The molecule has 0 bridgehead atoms. The Hall–Kier alpha value is -1.20. The van der Waals surface area contributed by atoms with Crippen LogP contribution >= 0.6 is 35.3 Å². The molecule has 7 nitrogen and oxygen atoms in total. The van der Waals surface area contributed by atoms with E-state index in [1.54, 1.807) is 11.3 Å². The summed E-state index contributed by atoms with van der Waals surface area (Å²) in [5.41, 5.74) is 0. The molecule has 0 saturated carbocycles. The van der Waals surface area contributed by atoms with Crippen molar-refractivity contribution in [1.82, 2.24) is 30.3 Å². The van der Waals surface area contributed by atoms with Crippen LogP contribution < -0.4 is 10.6 Å². The maximum atomic E-state index is 4.81. The minimum absolute atomic E-state index is 0. The first-order chi connectivity index (χ1) is 14.2. The van der Waals surface area contributed by atoms with Crippen LogP contribution in [0.15, 0.2) is 22.5 Å². The Kier molecular flexibility index (Phi) is 11.1. The lowest BCUT2D eigenvalue weighted by Crippen LogP contribution is -2.49. The van der Waals surface area contributed by atoms with Gasteiger partial charge < -0.3 is 20.1 Å². The van der Waals surface area contributed by atoms with Crippen LogP contribution in [-0.2, 0) is 20.0 Å². The fourth-order valence-electron chi connectivity index (χ4n) is 3.53. The Labute approximate surface area is 201 Å². The summed E-state index contributed by atoms with van der Waals surface area (Å²) >= 11 is 1.80. The van der Waals surface area contributed by atoms with E-state index in [0.717, 1.165) is 30.6 Å². The molecule has 1 aliphatic rings. The molecule has 0 radical (unpaired) electrons. The first-order valence-electron chi connectivity index (χ1n) is 10.8. The normalized spacial score (nSPS) is 15.8. The molecule has 168 valence electrons. The number of unbranched alkanes of at least 4 members (excludes halogenated alkanes) is 1. The summed E-state index contributed by atoms with van der Waals surface area (Å²) in [6, 6.07) is 4.77. The summed E-state index contributed by atoms with van der Waals surface area (Å²) in [7, 11) is 1.99. The van der Waals surface area contributed by atoms with Crippen molar-refractivity contribution >= 4 is 41.3 Å². The summed E-state index contributed by atoms with van der Waals surface area (Å²) < 4.78 is 2.00. The molecule has 2 aromatic heterocycles. The first kappa shape index (κ1) is 25.1. The summed E-state index contributed by atoms with van der Waals surface area (Å²) in [5.74, 6) is 2.68. The zero-order chi connectivity index (χ0) is 20.5. The molecule has 1 saturated heterocycles. The molecule has 0 aliphatic carbocycles. The second-order valence-electron chi connectivity index (χ2n) is 7.76. The second kappa shape index (κ2) is 13.3. The number of hydrogen-bond acceptors (Lipinski definition) is 5. The van der Waals surface area contributed by atoms with Gasteiger partial charge in [0, 0.05) is 37.6 Å². The first-order valence-corrected chi connectivity index (χ1v) is 11.7.